The highest BCUT2D eigenvalue weighted by atomic mass is 15.2. The van der Waals surface area contributed by atoms with Crippen LogP contribution in [0, 0.1) is 11.8 Å². The van der Waals surface area contributed by atoms with E-state index < -0.39 is 0 Å². The van der Waals surface area contributed by atoms with Crippen LogP contribution in [0.1, 0.15) is 46.1 Å². The van der Waals surface area contributed by atoms with Crippen LogP contribution in [0.4, 0.5) is 0 Å². The van der Waals surface area contributed by atoms with Crippen molar-refractivity contribution >= 4 is 0 Å². The van der Waals surface area contributed by atoms with Crippen LogP contribution in [0.2, 0.25) is 0 Å². The van der Waals surface area contributed by atoms with Gasteiger partial charge in [-0.05, 0) is 36.0 Å². The molecule has 1 aromatic heterocycles. The number of rotatable bonds is 6. The molecule has 1 saturated heterocycles. The quantitative estimate of drug-likeness (QED) is 0.871. The van der Waals surface area contributed by atoms with Crippen LogP contribution < -0.4 is 5.32 Å². The number of hydrogen-bond acceptors (Lipinski definition) is 3. The summed E-state index contributed by atoms with van der Waals surface area (Å²) >= 11 is 0. The van der Waals surface area contributed by atoms with Crippen molar-refractivity contribution in [3.63, 3.8) is 0 Å². The summed E-state index contributed by atoms with van der Waals surface area (Å²) in [7, 11) is 0. The summed E-state index contributed by atoms with van der Waals surface area (Å²) in [5.41, 5.74) is 1.38. The molecule has 0 radical (unpaired) electrons. The Morgan fingerprint density at radius 3 is 2.62 bits per heavy atom. The van der Waals surface area contributed by atoms with E-state index in [9.17, 15) is 0 Å². The van der Waals surface area contributed by atoms with E-state index in [1.54, 1.807) is 0 Å². The van der Waals surface area contributed by atoms with Crippen molar-refractivity contribution in [2.45, 2.75) is 59.2 Å². The van der Waals surface area contributed by atoms with Crippen molar-refractivity contribution in [2.75, 3.05) is 13.1 Å². The summed E-state index contributed by atoms with van der Waals surface area (Å²) in [6, 6.07) is 5.57. The van der Waals surface area contributed by atoms with Gasteiger partial charge in [-0.15, -0.1) is 0 Å². The van der Waals surface area contributed by atoms with Crippen LogP contribution in [-0.4, -0.2) is 35.1 Å². The van der Waals surface area contributed by atoms with Crippen molar-refractivity contribution in [3.05, 3.63) is 30.1 Å². The fourth-order valence-electron chi connectivity index (χ4n) is 3.24. The van der Waals surface area contributed by atoms with E-state index >= 15 is 0 Å². The van der Waals surface area contributed by atoms with Gasteiger partial charge in [0.15, 0.2) is 0 Å². The Hall–Kier alpha value is -0.930. The third-order valence-electron chi connectivity index (χ3n) is 4.77. The molecule has 3 unspecified atom stereocenters. The maximum atomic E-state index is 4.13. The van der Waals surface area contributed by atoms with Crippen molar-refractivity contribution < 1.29 is 0 Å². The second-order valence-corrected chi connectivity index (χ2v) is 6.97. The first-order valence-electron chi connectivity index (χ1n) is 8.46. The van der Waals surface area contributed by atoms with Gasteiger partial charge in [0.05, 0.1) is 0 Å². The fourth-order valence-corrected chi connectivity index (χ4v) is 3.24. The van der Waals surface area contributed by atoms with E-state index in [2.05, 4.69) is 55.0 Å². The van der Waals surface area contributed by atoms with Crippen molar-refractivity contribution in [1.29, 1.82) is 0 Å². The Morgan fingerprint density at radius 2 is 2.00 bits per heavy atom. The van der Waals surface area contributed by atoms with Crippen molar-refractivity contribution in [2.24, 2.45) is 11.8 Å². The molecule has 0 amide bonds. The SMILES string of the molecule is CCC(C)C1CN(Cc2ccncc2)C(CC(C)C)CN1. The van der Waals surface area contributed by atoms with Crippen LogP contribution in [0.5, 0.6) is 0 Å². The summed E-state index contributed by atoms with van der Waals surface area (Å²) in [5, 5.41) is 3.79. The molecule has 1 aliphatic heterocycles. The Bertz CT molecular complexity index is 404. The minimum absolute atomic E-state index is 0.625. The van der Waals surface area contributed by atoms with Crippen LogP contribution in [0.25, 0.3) is 0 Å². The van der Waals surface area contributed by atoms with Gasteiger partial charge in [-0.1, -0.05) is 34.1 Å². The number of hydrogen-bond donors (Lipinski definition) is 1. The first kappa shape index (κ1) is 16.4. The van der Waals surface area contributed by atoms with E-state index in [0.29, 0.717) is 12.1 Å². The molecule has 1 fully saturated rings. The monoisotopic (exact) mass is 289 g/mol. The highest BCUT2D eigenvalue weighted by Gasteiger charge is 2.30. The predicted molar refractivity (Wildman–Crippen MR) is 89.1 cm³/mol. The van der Waals surface area contributed by atoms with E-state index in [1.807, 2.05) is 12.4 Å². The molecule has 0 aliphatic carbocycles. The summed E-state index contributed by atoms with van der Waals surface area (Å²) in [6.07, 6.45) is 6.32. The molecular formula is C18H31N3. The molecule has 3 nitrogen and oxygen atoms in total. The van der Waals surface area contributed by atoms with Gasteiger partial charge in [-0.25, -0.2) is 0 Å². The van der Waals surface area contributed by atoms with Gasteiger partial charge in [0.2, 0.25) is 0 Å². The Morgan fingerprint density at radius 1 is 1.29 bits per heavy atom. The minimum atomic E-state index is 0.625. The lowest BCUT2D eigenvalue weighted by Crippen LogP contribution is -2.58. The standard InChI is InChI=1S/C18H31N3/c1-5-15(4)18-13-21(12-16-6-8-19-9-7-16)17(11-20-18)10-14(2)3/h6-9,14-15,17-18,20H,5,10-13H2,1-4H3. The second-order valence-electron chi connectivity index (χ2n) is 6.97. The van der Waals surface area contributed by atoms with Crippen LogP contribution in [-0.2, 0) is 6.54 Å². The molecule has 21 heavy (non-hydrogen) atoms. The van der Waals surface area contributed by atoms with E-state index in [-0.39, 0.29) is 0 Å². The topological polar surface area (TPSA) is 28.2 Å². The first-order valence-corrected chi connectivity index (χ1v) is 8.46. The normalized spacial score (nSPS) is 25.2. The number of nitrogens with zero attached hydrogens (tertiary/aromatic N) is 2. The third-order valence-corrected chi connectivity index (χ3v) is 4.77. The Labute approximate surface area is 130 Å². The van der Waals surface area contributed by atoms with Gasteiger partial charge in [0, 0.05) is 44.1 Å². The fraction of sp³-hybridized carbons (Fsp3) is 0.722. The highest BCUT2D eigenvalue weighted by molar-refractivity contribution is 5.10. The van der Waals surface area contributed by atoms with Gasteiger partial charge in [0.1, 0.15) is 0 Å². The molecule has 1 N–H and O–H groups in total. The van der Waals surface area contributed by atoms with Crippen LogP contribution in [0.3, 0.4) is 0 Å². The van der Waals surface area contributed by atoms with Crippen LogP contribution >= 0.6 is 0 Å². The molecule has 0 saturated carbocycles. The lowest BCUT2D eigenvalue weighted by Gasteiger charge is -2.43. The molecular weight excluding hydrogens is 258 g/mol. The van der Waals surface area contributed by atoms with E-state index in [1.165, 1.54) is 18.4 Å². The summed E-state index contributed by atoms with van der Waals surface area (Å²) in [6.45, 7) is 12.6. The molecule has 0 bridgehead atoms. The van der Waals surface area contributed by atoms with Gasteiger partial charge < -0.3 is 5.32 Å². The van der Waals surface area contributed by atoms with E-state index in [4.69, 9.17) is 0 Å². The average Bonchev–Trinajstić information content (AvgIpc) is 2.49. The van der Waals surface area contributed by atoms with Crippen molar-refractivity contribution in [3.8, 4) is 0 Å². The smallest absolute Gasteiger partial charge is 0.0271 e. The molecule has 3 heteroatoms. The Balaban J connectivity index is 2.05. The van der Waals surface area contributed by atoms with Gasteiger partial charge in [-0.2, -0.15) is 0 Å². The number of pyridine rings is 1. The zero-order chi connectivity index (χ0) is 15.2. The molecule has 2 heterocycles. The molecule has 3 atom stereocenters. The zero-order valence-corrected chi connectivity index (χ0v) is 14.0. The first-order chi connectivity index (χ1) is 10.1. The largest absolute Gasteiger partial charge is 0.311 e. The molecule has 118 valence electrons. The highest BCUT2D eigenvalue weighted by Crippen LogP contribution is 2.21. The molecule has 0 spiro atoms. The number of aromatic nitrogens is 1. The van der Waals surface area contributed by atoms with Gasteiger partial charge in [-0.3, -0.25) is 9.88 Å². The minimum Gasteiger partial charge on any atom is -0.311 e. The predicted octanol–water partition coefficient (Wildman–Crippen LogP) is 3.32. The van der Waals surface area contributed by atoms with Crippen LogP contribution in [0.15, 0.2) is 24.5 Å². The number of piperazine rings is 1. The average molecular weight is 289 g/mol. The lowest BCUT2D eigenvalue weighted by atomic mass is 9.92. The summed E-state index contributed by atoms with van der Waals surface area (Å²) in [5.74, 6) is 1.49. The zero-order valence-electron chi connectivity index (χ0n) is 14.0. The van der Waals surface area contributed by atoms with Gasteiger partial charge >= 0.3 is 0 Å². The lowest BCUT2D eigenvalue weighted by molar-refractivity contribution is 0.0889. The summed E-state index contributed by atoms with van der Waals surface area (Å²) < 4.78 is 0. The third kappa shape index (κ3) is 4.79. The Kier molecular flexibility index (Phi) is 6.19. The number of nitrogens with one attached hydrogen (secondary N) is 1. The molecule has 1 aromatic rings. The molecule has 2 rings (SSSR count). The maximum Gasteiger partial charge on any atom is 0.0271 e. The summed E-state index contributed by atoms with van der Waals surface area (Å²) in [4.78, 5) is 6.81. The van der Waals surface area contributed by atoms with Crippen molar-refractivity contribution in [1.82, 2.24) is 15.2 Å². The molecule has 0 aromatic carbocycles. The van der Waals surface area contributed by atoms with Gasteiger partial charge in [0.25, 0.3) is 0 Å². The van der Waals surface area contributed by atoms with E-state index in [0.717, 1.165) is 31.5 Å². The maximum absolute atomic E-state index is 4.13. The second kappa shape index (κ2) is 7.90. The molecule has 1 aliphatic rings.